The smallest absolute Gasteiger partial charge is 0.323 e. The van der Waals surface area contributed by atoms with Crippen molar-refractivity contribution in [3.05, 3.63) is 42.6 Å². The van der Waals surface area contributed by atoms with Gasteiger partial charge in [-0.15, -0.1) is 11.7 Å². The lowest BCUT2D eigenvalue weighted by atomic mass is 10.1. The Kier molecular flexibility index (Phi) is 3.75. The van der Waals surface area contributed by atoms with Crippen molar-refractivity contribution >= 4 is 22.6 Å². The largest absolute Gasteiger partial charge is 0.480 e. The number of carboxylic acids is 1. The number of fused-ring (bicyclic) bond motifs is 1. The van der Waals surface area contributed by atoms with E-state index in [1.165, 1.54) is 0 Å². The van der Waals surface area contributed by atoms with Crippen molar-refractivity contribution in [2.45, 2.75) is 6.92 Å². The SMILES string of the molecule is C=CCN(CC(=O)O)c1nnc(C)c2ccccc12. The van der Waals surface area contributed by atoms with Gasteiger partial charge in [-0.2, -0.15) is 5.10 Å². The van der Waals surface area contributed by atoms with E-state index in [-0.39, 0.29) is 6.54 Å². The van der Waals surface area contributed by atoms with Crippen LogP contribution in [-0.2, 0) is 4.79 Å². The maximum Gasteiger partial charge on any atom is 0.323 e. The molecule has 2 aromatic rings. The van der Waals surface area contributed by atoms with Crippen LogP contribution in [0, 0.1) is 6.92 Å². The number of carboxylic acid groups (broad SMARTS) is 1. The molecule has 0 bridgehead atoms. The molecule has 0 saturated carbocycles. The van der Waals surface area contributed by atoms with E-state index < -0.39 is 5.97 Å². The summed E-state index contributed by atoms with van der Waals surface area (Å²) >= 11 is 0. The first-order chi connectivity index (χ1) is 9.13. The standard InChI is InChI=1S/C14H15N3O2/c1-3-8-17(9-13(18)19)14-12-7-5-4-6-11(12)10(2)15-16-14/h3-7H,1,8-9H2,2H3,(H,18,19). The molecule has 1 N–H and O–H groups in total. The van der Waals surface area contributed by atoms with Crippen LogP contribution in [0.3, 0.4) is 0 Å². The molecule has 19 heavy (non-hydrogen) atoms. The van der Waals surface area contributed by atoms with Crippen LogP contribution >= 0.6 is 0 Å². The quantitative estimate of drug-likeness (QED) is 0.830. The van der Waals surface area contributed by atoms with Crippen molar-refractivity contribution in [2.24, 2.45) is 0 Å². The zero-order valence-corrected chi connectivity index (χ0v) is 10.7. The van der Waals surface area contributed by atoms with Crippen LogP contribution in [0.1, 0.15) is 5.69 Å². The third-order valence-electron chi connectivity index (χ3n) is 2.83. The Morgan fingerprint density at radius 1 is 1.37 bits per heavy atom. The Morgan fingerprint density at radius 3 is 2.68 bits per heavy atom. The predicted molar refractivity (Wildman–Crippen MR) is 74.3 cm³/mol. The number of aliphatic carboxylic acids is 1. The lowest BCUT2D eigenvalue weighted by molar-refractivity contribution is -0.135. The second-order valence-electron chi connectivity index (χ2n) is 4.22. The highest BCUT2D eigenvalue weighted by molar-refractivity contribution is 5.94. The lowest BCUT2D eigenvalue weighted by Gasteiger charge is -2.21. The van der Waals surface area contributed by atoms with E-state index in [0.29, 0.717) is 12.4 Å². The maximum atomic E-state index is 10.9. The molecule has 2 rings (SSSR count). The molecule has 0 unspecified atom stereocenters. The van der Waals surface area contributed by atoms with Gasteiger partial charge in [-0.1, -0.05) is 30.3 Å². The van der Waals surface area contributed by atoms with Gasteiger partial charge in [0.15, 0.2) is 5.82 Å². The van der Waals surface area contributed by atoms with Gasteiger partial charge in [-0.05, 0) is 6.92 Å². The Bertz CT molecular complexity index is 625. The zero-order valence-electron chi connectivity index (χ0n) is 10.7. The van der Waals surface area contributed by atoms with Gasteiger partial charge in [0.2, 0.25) is 0 Å². The Labute approximate surface area is 111 Å². The average molecular weight is 257 g/mol. The topological polar surface area (TPSA) is 66.3 Å². The van der Waals surface area contributed by atoms with Gasteiger partial charge in [0.25, 0.3) is 0 Å². The summed E-state index contributed by atoms with van der Waals surface area (Å²) in [6, 6.07) is 7.70. The van der Waals surface area contributed by atoms with Crippen LogP contribution in [-0.4, -0.2) is 34.4 Å². The van der Waals surface area contributed by atoms with Crippen LogP contribution < -0.4 is 4.90 Å². The molecule has 0 radical (unpaired) electrons. The number of aromatic nitrogens is 2. The summed E-state index contributed by atoms with van der Waals surface area (Å²) in [7, 11) is 0. The third-order valence-corrected chi connectivity index (χ3v) is 2.83. The molecule has 0 saturated heterocycles. The lowest BCUT2D eigenvalue weighted by Crippen LogP contribution is -2.31. The average Bonchev–Trinajstić information content (AvgIpc) is 2.39. The van der Waals surface area contributed by atoms with Crippen molar-refractivity contribution < 1.29 is 9.90 Å². The Morgan fingerprint density at radius 2 is 2.05 bits per heavy atom. The summed E-state index contributed by atoms with van der Waals surface area (Å²) in [5.41, 5.74) is 0.827. The predicted octanol–water partition coefficient (Wildman–Crippen LogP) is 2.02. The number of rotatable bonds is 5. The molecule has 0 amide bonds. The van der Waals surface area contributed by atoms with Gasteiger partial charge in [0, 0.05) is 17.3 Å². The van der Waals surface area contributed by atoms with E-state index in [1.54, 1.807) is 11.0 Å². The molecule has 0 aliphatic heterocycles. The normalized spacial score (nSPS) is 10.4. The first-order valence-corrected chi connectivity index (χ1v) is 5.93. The minimum absolute atomic E-state index is 0.131. The van der Waals surface area contributed by atoms with Crippen LogP contribution in [0.15, 0.2) is 36.9 Å². The van der Waals surface area contributed by atoms with Crippen molar-refractivity contribution in [3.8, 4) is 0 Å². The number of anilines is 1. The molecular weight excluding hydrogens is 242 g/mol. The van der Waals surface area contributed by atoms with Gasteiger partial charge in [-0.3, -0.25) is 4.79 Å². The minimum Gasteiger partial charge on any atom is -0.480 e. The highest BCUT2D eigenvalue weighted by Crippen LogP contribution is 2.25. The van der Waals surface area contributed by atoms with E-state index in [9.17, 15) is 4.79 Å². The van der Waals surface area contributed by atoms with Gasteiger partial charge in [-0.25, -0.2) is 0 Å². The van der Waals surface area contributed by atoms with Crippen LogP contribution in [0.2, 0.25) is 0 Å². The molecule has 98 valence electrons. The van der Waals surface area contributed by atoms with Crippen molar-refractivity contribution in [1.82, 2.24) is 10.2 Å². The second-order valence-corrected chi connectivity index (χ2v) is 4.22. The summed E-state index contributed by atoms with van der Waals surface area (Å²) in [5, 5.41) is 19.1. The molecule has 5 heteroatoms. The molecule has 1 aromatic carbocycles. The number of benzene rings is 1. The molecular formula is C14H15N3O2. The molecule has 1 aromatic heterocycles. The van der Waals surface area contributed by atoms with Gasteiger partial charge < -0.3 is 10.0 Å². The summed E-state index contributed by atoms with van der Waals surface area (Å²) in [5.74, 6) is -0.336. The number of aryl methyl sites for hydroxylation is 1. The fraction of sp³-hybridized carbons (Fsp3) is 0.214. The number of hydrogen-bond acceptors (Lipinski definition) is 4. The first-order valence-electron chi connectivity index (χ1n) is 5.93. The van der Waals surface area contributed by atoms with Gasteiger partial charge in [0.1, 0.15) is 6.54 Å². The van der Waals surface area contributed by atoms with E-state index >= 15 is 0 Å². The summed E-state index contributed by atoms with van der Waals surface area (Å²) < 4.78 is 0. The molecule has 0 spiro atoms. The van der Waals surface area contributed by atoms with Crippen molar-refractivity contribution in [1.29, 1.82) is 0 Å². The molecule has 0 atom stereocenters. The second kappa shape index (κ2) is 5.48. The minimum atomic E-state index is -0.909. The molecule has 1 heterocycles. The number of carbonyl (C=O) groups is 1. The molecule has 5 nitrogen and oxygen atoms in total. The molecule has 0 aliphatic rings. The van der Waals surface area contributed by atoms with E-state index in [1.807, 2.05) is 31.2 Å². The molecule has 0 aliphatic carbocycles. The Hall–Kier alpha value is -2.43. The van der Waals surface area contributed by atoms with Gasteiger partial charge >= 0.3 is 5.97 Å². The first kappa shape index (κ1) is 13.0. The maximum absolute atomic E-state index is 10.9. The molecule has 0 fully saturated rings. The third kappa shape index (κ3) is 2.70. The van der Waals surface area contributed by atoms with E-state index in [2.05, 4.69) is 16.8 Å². The highest BCUT2D eigenvalue weighted by Gasteiger charge is 2.15. The van der Waals surface area contributed by atoms with E-state index in [4.69, 9.17) is 5.11 Å². The van der Waals surface area contributed by atoms with Crippen molar-refractivity contribution in [3.63, 3.8) is 0 Å². The van der Waals surface area contributed by atoms with Crippen LogP contribution in [0.5, 0.6) is 0 Å². The summed E-state index contributed by atoms with van der Waals surface area (Å²) in [4.78, 5) is 12.6. The Balaban J connectivity index is 2.56. The van der Waals surface area contributed by atoms with Crippen LogP contribution in [0.25, 0.3) is 10.8 Å². The summed E-state index contributed by atoms with van der Waals surface area (Å²) in [6.45, 7) is 5.81. The fourth-order valence-electron chi connectivity index (χ4n) is 2.00. The monoisotopic (exact) mass is 257 g/mol. The highest BCUT2D eigenvalue weighted by atomic mass is 16.4. The van der Waals surface area contributed by atoms with Gasteiger partial charge in [0.05, 0.1) is 5.69 Å². The summed E-state index contributed by atoms with van der Waals surface area (Å²) in [6.07, 6.45) is 1.65. The van der Waals surface area contributed by atoms with E-state index in [0.717, 1.165) is 16.5 Å². The fourth-order valence-corrected chi connectivity index (χ4v) is 2.00. The van der Waals surface area contributed by atoms with Crippen LogP contribution in [0.4, 0.5) is 5.82 Å². The number of nitrogens with zero attached hydrogens (tertiary/aromatic N) is 3. The number of hydrogen-bond donors (Lipinski definition) is 1. The zero-order chi connectivity index (χ0) is 13.8. The van der Waals surface area contributed by atoms with Crippen molar-refractivity contribution in [2.75, 3.05) is 18.0 Å².